The van der Waals surface area contributed by atoms with Crippen LogP contribution in [0.1, 0.15) is 6.92 Å². The number of aromatic nitrogens is 1. The number of rotatable bonds is 7. The first-order chi connectivity index (χ1) is 12.2. The van der Waals surface area contributed by atoms with Crippen LogP contribution in [-0.4, -0.2) is 17.7 Å². The van der Waals surface area contributed by atoms with Gasteiger partial charge in [-0.05, 0) is 84.1 Å². The maximum atomic E-state index is 5.80. The molecule has 0 aliphatic heterocycles. The molecule has 5 heteroatoms. The van der Waals surface area contributed by atoms with E-state index in [1.165, 1.54) is 3.57 Å². The standard InChI is InChI=1S/C20H18INO3/c1-15(24-20-4-2-3-13-22-20)14-23-17-9-11-19(12-10-17)25-18-7-5-16(21)6-8-18/h2-13,15H,14H2,1H3. The van der Waals surface area contributed by atoms with Gasteiger partial charge in [0.05, 0.1) is 0 Å². The molecular weight excluding hydrogens is 429 g/mol. The van der Waals surface area contributed by atoms with Gasteiger partial charge >= 0.3 is 0 Å². The topological polar surface area (TPSA) is 40.6 Å². The lowest BCUT2D eigenvalue weighted by Gasteiger charge is -2.15. The Labute approximate surface area is 160 Å². The van der Waals surface area contributed by atoms with Crippen molar-refractivity contribution in [1.82, 2.24) is 4.98 Å². The quantitative estimate of drug-likeness (QED) is 0.460. The molecule has 3 aromatic rings. The van der Waals surface area contributed by atoms with Gasteiger partial charge in [-0.2, -0.15) is 0 Å². The van der Waals surface area contributed by atoms with Gasteiger partial charge in [-0.3, -0.25) is 0 Å². The summed E-state index contributed by atoms with van der Waals surface area (Å²) in [5.41, 5.74) is 0. The fourth-order valence-corrected chi connectivity index (χ4v) is 2.47. The molecule has 0 saturated heterocycles. The molecular formula is C20H18INO3. The number of pyridine rings is 1. The summed E-state index contributed by atoms with van der Waals surface area (Å²) in [6.07, 6.45) is 1.60. The Morgan fingerprint density at radius 2 is 1.52 bits per heavy atom. The molecule has 1 atom stereocenters. The van der Waals surface area contributed by atoms with Crippen molar-refractivity contribution < 1.29 is 14.2 Å². The van der Waals surface area contributed by atoms with Crippen LogP contribution in [0.5, 0.6) is 23.1 Å². The SMILES string of the molecule is CC(COc1ccc(Oc2ccc(I)cc2)cc1)Oc1ccccn1. The Kier molecular flexibility index (Phi) is 6.11. The lowest BCUT2D eigenvalue weighted by Crippen LogP contribution is -2.21. The molecule has 1 aromatic heterocycles. The summed E-state index contributed by atoms with van der Waals surface area (Å²) in [6.45, 7) is 2.39. The molecule has 0 bridgehead atoms. The maximum absolute atomic E-state index is 5.80. The van der Waals surface area contributed by atoms with E-state index in [2.05, 4.69) is 27.6 Å². The molecule has 0 aliphatic rings. The summed E-state index contributed by atoms with van der Waals surface area (Å²) in [5, 5.41) is 0. The summed E-state index contributed by atoms with van der Waals surface area (Å²) in [6, 6.07) is 21.0. The molecule has 0 N–H and O–H groups in total. The smallest absolute Gasteiger partial charge is 0.213 e. The van der Waals surface area contributed by atoms with Gasteiger partial charge in [0.25, 0.3) is 0 Å². The highest BCUT2D eigenvalue weighted by molar-refractivity contribution is 14.1. The third-order valence-electron chi connectivity index (χ3n) is 3.32. The fraction of sp³-hybridized carbons (Fsp3) is 0.150. The van der Waals surface area contributed by atoms with Crippen molar-refractivity contribution in [3.8, 4) is 23.1 Å². The largest absolute Gasteiger partial charge is 0.490 e. The Morgan fingerprint density at radius 1 is 0.880 bits per heavy atom. The number of halogens is 1. The van der Waals surface area contributed by atoms with Crippen LogP contribution in [0.15, 0.2) is 72.9 Å². The van der Waals surface area contributed by atoms with Gasteiger partial charge in [0.1, 0.15) is 30.0 Å². The van der Waals surface area contributed by atoms with Crippen LogP contribution in [0, 0.1) is 3.57 Å². The van der Waals surface area contributed by atoms with Gasteiger partial charge in [-0.1, -0.05) is 6.07 Å². The second kappa shape index (κ2) is 8.71. The van der Waals surface area contributed by atoms with Gasteiger partial charge in [0.2, 0.25) is 5.88 Å². The van der Waals surface area contributed by atoms with Crippen molar-refractivity contribution in [1.29, 1.82) is 0 Å². The second-order valence-electron chi connectivity index (χ2n) is 5.43. The molecule has 25 heavy (non-hydrogen) atoms. The molecule has 0 saturated carbocycles. The second-order valence-corrected chi connectivity index (χ2v) is 6.68. The average molecular weight is 447 g/mol. The minimum atomic E-state index is -0.0994. The first-order valence-electron chi connectivity index (χ1n) is 7.93. The predicted octanol–water partition coefficient (Wildman–Crippen LogP) is 5.32. The number of benzene rings is 2. The number of hydrogen-bond donors (Lipinski definition) is 0. The lowest BCUT2D eigenvalue weighted by atomic mass is 10.3. The molecule has 4 nitrogen and oxygen atoms in total. The van der Waals surface area contributed by atoms with Crippen molar-refractivity contribution in [3.63, 3.8) is 0 Å². The van der Waals surface area contributed by atoms with Crippen molar-refractivity contribution in [2.75, 3.05) is 6.61 Å². The zero-order valence-electron chi connectivity index (χ0n) is 13.8. The van der Waals surface area contributed by atoms with Gasteiger partial charge in [0, 0.05) is 15.8 Å². The minimum absolute atomic E-state index is 0.0994. The van der Waals surface area contributed by atoms with E-state index >= 15 is 0 Å². The molecule has 128 valence electrons. The molecule has 1 heterocycles. The molecule has 3 rings (SSSR count). The molecule has 2 aromatic carbocycles. The first kappa shape index (κ1) is 17.5. The normalized spacial score (nSPS) is 11.6. The van der Waals surface area contributed by atoms with Crippen LogP contribution >= 0.6 is 22.6 Å². The highest BCUT2D eigenvalue weighted by Gasteiger charge is 2.06. The summed E-state index contributed by atoms with van der Waals surface area (Å²) < 4.78 is 18.4. The number of hydrogen-bond acceptors (Lipinski definition) is 4. The fourth-order valence-electron chi connectivity index (χ4n) is 2.11. The average Bonchev–Trinajstić information content (AvgIpc) is 2.64. The Morgan fingerprint density at radius 3 is 2.16 bits per heavy atom. The third-order valence-corrected chi connectivity index (χ3v) is 4.04. The predicted molar refractivity (Wildman–Crippen MR) is 105 cm³/mol. The number of ether oxygens (including phenoxy) is 3. The Balaban J connectivity index is 1.49. The Hall–Kier alpha value is -2.28. The molecule has 1 unspecified atom stereocenters. The van der Waals surface area contributed by atoms with E-state index in [9.17, 15) is 0 Å². The molecule has 0 radical (unpaired) electrons. The van der Waals surface area contributed by atoms with Crippen LogP contribution < -0.4 is 14.2 Å². The van der Waals surface area contributed by atoms with Crippen LogP contribution in [0.25, 0.3) is 0 Å². The van der Waals surface area contributed by atoms with Crippen molar-refractivity contribution in [2.45, 2.75) is 13.0 Å². The van der Waals surface area contributed by atoms with E-state index in [1.807, 2.05) is 73.7 Å². The summed E-state index contributed by atoms with van der Waals surface area (Å²) in [4.78, 5) is 4.14. The zero-order chi connectivity index (χ0) is 17.5. The zero-order valence-corrected chi connectivity index (χ0v) is 15.9. The summed E-state index contributed by atoms with van der Waals surface area (Å²) >= 11 is 2.27. The van der Waals surface area contributed by atoms with Gasteiger partial charge in [-0.25, -0.2) is 4.98 Å². The van der Waals surface area contributed by atoms with Crippen molar-refractivity contribution in [2.24, 2.45) is 0 Å². The van der Waals surface area contributed by atoms with Crippen LogP contribution in [0.2, 0.25) is 0 Å². The lowest BCUT2D eigenvalue weighted by molar-refractivity contribution is 0.138. The van der Waals surface area contributed by atoms with Crippen LogP contribution in [0.3, 0.4) is 0 Å². The van der Waals surface area contributed by atoms with Gasteiger partial charge in [-0.15, -0.1) is 0 Å². The monoisotopic (exact) mass is 447 g/mol. The minimum Gasteiger partial charge on any atom is -0.490 e. The maximum Gasteiger partial charge on any atom is 0.213 e. The van der Waals surface area contributed by atoms with Crippen LogP contribution in [0.4, 0.5) is 0 Å². The van der Waals surface area contributed by atoms with Crippen molar-refractivity contribution >= 4 is 22.6 Å². The van der Waals surface area contributed by atoms with E-state index in [0.717, 1.165) is 17.2 Å². The molecule has 0 amide bonds. The van der Waals surface area contributed by atoms with Crippen molar-refractivity contribution in [3.05, 3.63) is 76.5 Å². The van der Waals surface area contributed by atoms with Crippen LogP contribution in [-0.2, 0) is 0 Å². The van der Waals surface area contributed by atoms with Gasteiger partial charge < -0.3 is 14.2 Å². The third kappa shape index (κ3) is 5.63. The van der Waals surface area contributed by atoms with E-state index in [-0.39, 0.29) is 6.10 Å². The van der Waals surface area contributed by atoms with E-state index < -0.39 is 0 Å². The summed E-state index contributed by atoms with van der Waals surface area (Å²) in [5.74, 6) is 2.95. The van der Waals surface area contributed by atoms with E-state index in [1.54, 1.807) is 6.20 Å². The number of nitrogens with zero attached hydrogens (tertiary/aromatic N) is 1. The van der Waals surface area contributed by atoms with E-state index in [4.69, 9.17) is 14.2 Å². The van der Waals surface area contributed by atoms with Gasteiger partial charge in [0.15, 0.2) is 0 Å². The first-order valence-corrected chi connectivity index (χ1v) is 9.01. The highest BCUT2D eigenvalue weighted by Crippen LogP contribution is 2.24. The molecule has 0 fully saturated rings. The summed E-state index contributed by atoms with van der Waals surface area (Å²) in [7, 11) is 0. The Bertz CT molecular complexity index is 776. The van der Waals surface area contributed by atoms with E-state index in [0.29, 0.717) is 12.5 Å². The molecule has 0 aliphatic carbocycles. The highest BCUT2D eigenvalue weighted by atomic mass is 127. The molecule has 0 spiro atoms.